The van der Waals surface area contributed by atoms with Crippen molar-refractivity contribution in [3.63, 3.8) is 0 Å². The van der Waals surface area contributed by atoms with E-state index in [1.165, 1.54) is 12.1 Å². The molecular formula is C18H22ClN3O3S. The van der Waals surface area contributed by atoms with Crippen LogP contribution in [-0.4, -0.2) is 26.9 Å². The third kappa shape index (κ3) is 4.97. The number of nitrogens with two attached hydrogens (primary N) is 1. The molecule has 0 bridgehead atoms. The smallest absolute Gasteiger partial charge is 0.261 e. The Morgan fingerprint density at radius 1 is 1.08 bits per heavy atom. The predicted octanol–water partition coefficient (Wildman–Crippen LogP) is 2.38. The van der Waals surface area contributed by atoms with Crippen LogP contribution in [0.4, 0.5) is 5.69 Å². The Kier molecular flexibility index (Phi) is 6.63. The van der Waals surface area contributed by atoms with Crippen molar-refractivity contribution in [1.82, 2.24) is 5.32 Å². The number of sulfonamides is 1. The highest BCUT2D eigenvalue weighted by Gasteiger charge is 2.31. The molecule has 4 N–H and O–H groups in total. The molecule has 0 radical (unpaired) electrons. The van der Waals surface area contributed by atoms with E-state index in [-0.39, 0.29) is 29.3 Å². The lowest BCUT2D eigenvalue weighted by atomic mass is 10.1. The van der Waals surface area contributed by atoms with Gasteiger partial charge in [-0.15, -0.1) is 12.4 Å². The van der Waals surface area contributed by atoms with Gasteiger partial charge in [-0.1, -0.05) is 18.2 Å². The first-order chi connectivity index (χ1) is 12.0. The summed E-state index contributed by atoms with van der Waals surface area (Å²) in [6.07, 6.45) is 2.20. The van der Waals surface area contributed by atoms with Gasteiger partial charge < -0.3 is 11.1 Å². The lowest BCUT2D eigenvalue weighted by Crippen LogP contribution is -2.41. The highest BCUT2D eigenvalue weighted by atomic mass is 35.5. The minimum absolute atomic E-state index is 0. The molecule has 1 saturated carbocycles. The SMILES string of the molecule is Cl.NCC(NC(=O)c1ccc(NS(=O)(=O)c2ccccc2)cc1)C1CC1. The second-order valence-corrected chi connectivity index (χ2v) is 7.83. The molecule has 0 heterocycles. The zero-order valence-corrected chi connectivity index (χ0v) is 15.7. The fourth-order valence-electron chi connectivity index (χ4n) is 2.62. The van der Waals surface area contributed by atoms with Gasteiger partial charge in [0, 0.05) is 23.8 Å². The molecule has 8 heteroatoms. The Balaban J connectivity index is 0.00000243. The van der Waals surface area contributed by atoms with Gasteiger partial charge in [-0.3, -0.25) is 9.52 Å². The molecule has 0 aliphatic heterocycles. The second kappa shape index (κ2) is 8.53. The number of hydrogen-bond donors (Lipinski definition) is 3. The number of amides is 1. The van der Waals surface area contributed by atoms with Crippen LogP contribution >= 0.6 is 12.4 Å². The first-order valence-corrected chi connectivity index (χ1v) is 9.67. The molecule has 3 rings (SSSR count). The molecule has 2 aromatic carbocycles. The Hall–Kier alpha value is -2.09. The molecule has 0 spiro atoms. The molecule has 1 unspecified atom stereocenters. The minimum Gasteiger partial charge on any atom is -0.348 e. The van der Waals surface area contributed by atoms with Crippen LogP contribution in [0.5, 0.6) is 0 Å². The van der Waals surface area contributed by atoms with Crippen molar-refractivity contribution in [2.45, 2.75) is 23.8 Å². The Morgan fingerprint density at radius 3 is 2.23 bits per heavy atom. The molecule has 26 heavy (non-hydrogen) atoms. The summed E-state index contributed by atoms with van der Waals surface area (Å²) in [6.45, 7) is 0.422. The van der Waals surface area contributed by atoms with Gasteiger partial charge in [-0.05, 0) is 55.2 Å². The summed E-state index contributed by atoms with van der Waals surface area (Å²) in [7, 11) is -3.64. The zero-order chi connectivity index (χ0) is 17.9. The number of carbonyl (C=O) groups excluding carboxylic acids is 1. The van der Waals surface area contributed by atoms with E-state index in [9.17, 15) is 13.2 Å². The van der Waals surface area contributed by atoms with Crippen molar-refractivity contribution in [3.8, 4) is 0 Å². The summed E-state index contributed by atoms with van der Waals surface area (Å²) in [5.74, 6) is 0.283. The number of carbonyl (C=O) groups is 1. The maximum atomic E-state index is 12.3. The number of halogens is 1. The van der Waals surface area contributed by atoms with E-state index in [1.807, 2.05) is 0 Å². The standard InChI is InChI=1S/C18H21N3O3S.ClH/c19-12-17(13-6-7-13)20-18(22)14-8-10-15(11-9-14)21-25(23,24)16-4-2-1-3-5-16;/h1-5,8-11,13,17,21H,6-7,12,19H2,(H,20,22);1H. The van der Waals surface area contributed by atoms with Crippen LogP contribution in [0.2, 0.25) is 0 Å². The van der Waals surface area contributed by atoms with Crippen molar-refractivity contribution >= 4 is 34.0 Å². The van der Waals surface area contributed by atoms with Crippen LogP contribution in [0.15, 0.2) is 59.5 Å². The normalized spacial score (nSPS) is 14.8. The second-order valence-electron chi connectivity index (χ2n) is 6.15. The Bertz CT molecular complexity index is 838. The molecule has 1 atom stereocenters. The van der Waals surface area contributed by atoms with Crippen molar-refractivity contribution < 1.29 is 13.2 Å². The Morgan fingerprint density at radius 2 is 1.69 bits per heavy atom. The molecule has 6 nitrogen and oxygen atoms in total. The van der Waals surface area contributed by atoms with Gasteiger partial charge in [0.25, 0.3) is 15.9 Å². The average molecular weight is 396 g/mol. The summed E-state index contributed by atoms with van der Waals surface area (Å²) in [4.78, 5) is 12.4. The van der Waals surface area contributed by atoms with Crippen LogP contribution in [0, 0.1) is 5.92 Å². The van der Waals surface area contributed by atoms with E-state index in [2.05, 4.69) is 10.0 Å². The van der Waals surface area contributed by atoms with Gasteiger partial charge in [-0.2, -0.15) is 0 Å². The monoisotopic (exact) mass is 395 g/mol. The molecule has 1 amide bonds. The summed E-state index contributed by atoms with van der Waals surface area (Å²) < 4.78 is 27.1. The third-order valence-electron chi connectivity index (χ3n) is 4.21. The van der Waals surface area contributed by atoms with E-state index in [4.69, 9.17) is 5.73 Å². The van der Waals surface area contributed by atoms with Crippen LogP contribution in [-0.2, 0) is 10.0 Å². The minimum atomic E-state index is -3.64. The highest BCUT2D eigenvalue weighted by molar-refractivity contribution is 7.92. The highest BCUT2D eigenvalue weighted by Crippen LogP contribution is 2.32. The first-order valence-electron chi connectivity index (χ1n) is 8.18. The van der Waals surface area contributed by atoms with Gasteiger partial charge in [0.2, 0.25) is 0 Å². The number of rotatable bonds is 7. The molecule has 140 valence electrons. The molecule has 2 aromatic rings. The number of hydrogen-bond acceptors (Lipinski definition) is 4. The van der Waals surface area contributed by atoms with Crippen molar-refractivity contribution in [1.29, 1.82) is 0 Å². The molecule has 1 aliphatic rings. The molecule has 0 aromatic heterocycles. The van der Waals surface area contributed by atoms with Crippen molar-refractivity contribution in [3.05, 3.63) is 60.2 Å². The van der Waals surface area contributed by atoms with Crippen molar-refractivity contribution in [2.75, 3.05) is 11.3 Å². The maximum Gasteiger partial charge on any atom is 0.261 e. The topological polar surface area (TPSA) is 101 Å². The van der Waals surface area contributed by atoms with Gasteiger partial charge in [0.1, 0.15) is 0 Å². The third-order valence-corrected chi connectivity index (χ3v) is 5.61. The maximum absolute atomic E-state index is 12.3. The van der Waals surface area contributed by atoms with Crippen molar-refractivity contribution in [2.24, 2.45) is 11.7 Å². The molecule has 1 fully saturated rings. The largest absolute Gasteiger partial charge is 0.348 e. The van der Waals surface area contributed by atoms with Gasteiger partial charge in [-0.25, -0.2) is 8.42 Å². The number of nitrogens with one attached hydrogen (secondary N) is 2. The van der Waals surface area contributed by atoms with E-state index < -0.39 is 10.0 Å². The fraction of sp³-hybridized carbons (Fsp3) is 0.278. The van der Waals surface area contributed by atoms with Gasteiger partial charge in [0.05, 0.1) is 4.90 Å². The lowest BCUT2D eigenvalue weighted by Gasteiger charge is -2.16. The van der Waals surface area contributed by atoms with Crippen LogP contribution in [0.25, 0.3) is 0 Å². The molecule has 1 aliphatic carbocycles. The summed E-state index contributed by atoms with van der Waals surface area (Å²) >= 11 is 0. The summed E-state index contributed by atoms with van der Waals surface area (Å²) in [5.41, 5.74) is 6.57. The van der Waals surface area contributed by atoms with Gasteiger partial charge >= 0.3 is 0 Å². The van der Waals surface area contributed by atoms with E-state index >= 15 is 0 Å². The lowest BCUT2D eigenvalue weighted by molar-refractivity contribution is 0.0933. The first kappa shape index (κ1) is 20.2. The van der Waals surface area contributed by atoms with Gasteiger partial charge in [0.15, 0.2) is 0 Å². The fourth-order valence-corrected chi connectivity index (χ4v) is 3.70. The quantitative estimate of drug-likeness (QED) is 0.669. The van der Waals surface area contributed by atoms with E-state index in [0.717, 1.165) is 12.8 Å². The van der Waals surface area contributed by atoms with Crippen LogP contribution < -0.4 is 15.8 Å². The zero-order valence-electron chi connectivity index (χ0n) is 14.1. The number of anilines is 1. The summed E-state index contributed by atoms with van der Waals surface area (Å²) in [6, 6.07) is 14.5. The van der Waals surface area contributed by atoms with E-state index in [1.54, 1.807) is 42.5 Å². The number of benzene rings is 2. The molecule has 0 saturated heterocycles. The summed E-state index contributed by atoms with van der Waals surface area (Å²) in [5, 5.41) is 2.94. The van der Waals surface area contributed by atoms with E-state index in [0.29, 0.717) is 23.7 Å². The Labute approximate surface area is 159 Å². The molecular weight excluding hydrogens is 374 g/mol. The average Bonchev–Trinajstić information content (AvgIpc) is 3.45. The van der Waals surface area contributed by atoms with Crippen LogP contribution in [0.1, 0.15) is 23.2 Å². The predicted molar refractivity (Wildman–Crippen MR) is 104 cm³/mol. The van der Waals surface area contributed by atoms with Crippen LogP contribution in [0.3, 0.4) is 0 Å².